The van der Waals surface area contributed by atoms with Crippen molar-refractivity contribution in [2.24, 2.45) is 0 Å². The molecule has 7 nitrogen and oxygen atoms in total. The summed E-state index contributed by atoms with van der Waals surface area (Å²) in [5.41, 5.74) is 0.897. The molecule has 2 aromatic carbocycles. The van der Waals surface area contributed by atoms with Gasteiger partial charge in [-0.1, -0.05) is 12.1 Å². The fourth-order valence-corrected chi connectivity index (χ4v) is 2.86. The zero-order valence-corrected chi connectivity index (χ0v) is 14.6. The van der Waals surface area contributed by atoms with E-state index in [0.29, 0.717) is 11.3 Å². The molecule has 0 fully saturated rings. The van der Waals surface area contributed by atoms with Crippen molar-refractivity contribution >= 4 is 10.1 Å². The summed E-state index contributed by atoms with van der Waals surface area (Å²) in [6.07, 6.45) is 3.60. The van der Waals surface area contributed by atoms with Crippen LogP contribution in [-0.2, 0) is 10.1 Å². The molecule has 1 aromatic heterocycles. The number of phenolic OH excluding ortho intramolecular Hbond substituents is 3. The van der Waals surface area contributed by atoms with Crippen molar-refractivity contribution in [1.82, 2.24) is 0 Å². The van der Waals surface area contributed by atoms with Gasteiger partial charge < -0.3 is 19.9 Å². The van der Waals surface area contributed by atoms with Crippen LogP contribution in [0.4, 0.5) is 0 Å². The van der Waals surface area contributed by atoms with Crippen molar-refractivity contribution in [1.29, 1.82) is 0 Å². The molecule has 3 rings (SSSR count). The zero-order chi connectivity index (χ0) is 19.3. The normalized spacial score (nSPS) is 10.7. The smallest absolute Gasteiger partial charge is 0.256 e. The van der Waals surface area contributed by atoms with Crippen molar-refractivity contribution in [3.8, 4) is 22.9 Å². The quantitative estimate of drug-likeness (QED) is 0.358. The Hall–Kier alpha value is -3.10. The summed E-state index contributed by atoms with van der Waals surface area (Å²) in [5.74, 6) is 0.0446. The molecule has 0 saturated heterocycles. The van der Waals surface area contributed by atoms with E-state index in [1.165, 1.54) is 37.3 Å². The molecule has 1 heterocycles. The number of aromatic nitrogens is 1. The lowest BCUT2D eigenvalue weighted by molar-refractivity contribution is -0.596. The minimum atomic E-state index is -4.47. The Morgan fingerprint density at radius 1 is 0.885 bits per heavy atom. The molecule has 0 aliphatic heterocycles. The highest BCUT2D eigenvalue weighted by molar-refractivity contribution is 7.85. The predicted molar refractivity (Wildman–Crippen MR) is 92.1 cm³/mol. The van der Waals surface area contributed by atoms with Crippen LogP contribution in [0.15, 0.2) is 71.9 Å². The van der Waals surface area contributed by atoms with E-state index in [-0.39, 0.29) is 22.1 Å². The third-order valence-corrected chi connectivity index (χ3v) is 4.37. The highest BCUT2D eigenvalue weighted by Crippen LogP contribution is 2.21. The van der Waals surface area contributed by atoms with Crippen LogP contribution in [0.3, 0.4) is 0 Å². The highest BCUT2D eigenvalue weighted by Gasteiger charge is 2.11. The summed E-state index contributed by atoms with van der Waals surface area (Å²) < 4.78 is 33.3. The standard InChI is InChI=1S/C11H9NO2.C7H8O4S/c13-9-4-5-11(14)10(8-9)12-6-2-1-3-7-12;1-5-2-3-6(8)4-7(5)12(9,10)11/h1-8H,(H-,13,14);2-4,8H,1H3,(H,9,10,11). The maximum atomic E-state index is 10.5. The van der Waals surface area contributed by atoms with Crippen LogP contribution in [0.25, 0.3) is 5.69 Å². The summed E-state index contributed by atoms with van der Waals surface area (Å²) in [4.78, 5) is -0.373. The molecule has 0 bridgehead atoms. The molecule has 26 heavy (non-hydrogen) atoms. The molecule has 0 atom stereocenters. The number of nitrogens with zero attached hydrogens (tertiary/aromatic N) is 1. The Kier molecular flexibility index (Phi) is 5.81. The molecule has 0 spiro atoms. The first-order chi connectivity index (χ1) is 12.2. The van der Waals surface area contributed by atoms with Crippen molar-refractivity contribution in [3.05, 3.63) is 72.6 Å². The fourth-order valence-electron chi connectivity index (χ4n) is 2.14. The van der Waals surface area contributed by atoms with Crippen molar-refractivity contribution < 1.29 is 32.9 Å². The average Bonchev–Trinajstić information content (AvgIpc) is 2.59. The van der Waals surface area contributed by atoms with Gasteiger partial charge in [-0.25, -0.2) is 8.42 Å². The SMILES string of the molecule is Cc1ccc(O)cc1S(=O)(=O)[O-].Oc1ccc(O)c(-[n+]2ccccc2)c1. The van der Waals surface area contributed by atoms with Gasteiger partial charge in [-0.15, -0.1) is 0 Å². The first kappa shape index (κ1) is 19.2. The summed E-state index contributed by atoms with van der Waals surface area (Å²) in [7, 11) is -4.47. The predicted octanol–water partition coefficient (Wildman–Crippen LogP) is 1.98. The molecular weight excluding hydrogens is 358 g/mol. The topological polar surface area (TPSA) is 122 Å². The second kappa shape index (κ2) is 7.85. The molecule has 3 aromatic rings. The van der Waals surface area contributed by atoms with Crippen LogP contribution in [-0.4, -0.2) is 28.3 Å². The Labute approximate surface area is 150 Å². The van der Waals surface area contributed by atoms with E-state index in [9.17, 15) is 23.2 Å². The van der Waals surface area contributed by atoms with Gasteiger partial charge in [-0.05, 0) is 36.8 Å². The van der Waals surface area contributed by atoms with Crippen LogP contribution in [0, 0.1) is 6.92 Å². The molecule has 0 radical (unpaired) electrons. The number of hydrogen-bond acceptors (Lipinski definition) is 6. The van der Waals surface area contributed by atoms with Crippen molar-refractivity contribution in [3.63, 3.8) is 0 Å². The van der Waals surface area contributed by atoms with Crippen LogP contribution in [0.1, 0.15) is 5.56 Å². The molecule has 0 aliphatic rings. The van der Waals surface area contributed by atoms with Crippen LogP contribution in [0.5, 0.6) is 17.2 Å². The van der Waals surface area contributed by atoms with E-state index >= 15 is 0 Å². The zero-order valence-electron chi connectivity index (χ0n) is 13.8. The first-order valence-electron chi connectivity index (χ1n) is 7.42. The Bertz CT molecular complexity index is 1000. The van der Waals surface area contributed by atoms with Crippen LogP contribution < -0.4 is 4.57 Å². The van der Waals surface area contributed by atoms with Gasteiger partial charge in [0, 0.05) is 12.1 Å². The van der Waals surface area contributed by atoms with Gasteiger partial charge in [0.2, 0.25) is 0 Å². The minimum absolute atomic E-state index is 0.133. The van der Waals surface area contributed by atoms with Gasteiger partial charge in [0.1, 0.15) is 21.6 Å². The number of hydrogen-bond donors (Lipinski definition) is 3. The van der Waals surface area contributed by atoms with E-state index in [4.69, 9.17) is 5.11 Å². The monoisotopic (exact) mass is 375 g/mol. The maximum absolute atomic E-state index is 10.5. The molecule has 136 valence electrons. The van der Waals surface area contributed by atoms with E-state index in [1.54, 1.807) is 17.0 Å². The number of phenols is 3. The van der Waals surface area contributed by atoms with Crippen molar-refractivity contribution in [2.45, 2.75) is 11.8 Å². The largest absolute Gasteiger partial charge is 0.744 e. The summed E-state index contributed by atoms with van der Waals surface area (Å²) in [5, 5.41) is 27.7. The fraction of sp³-hybridized carbons (Fsp3) is 0.0556. The lowest BCUT2D eigenvalue weighted by atomic mass is 10.2. The first-order valence-corrected chi connectivity index (χ1v) is 8.83. The van der Waals surface area contributed by atoms with Gasteiger partial charge >= 0.3 is 0 Å². The summed E-state index contributed by atoms with van der Waals surface area (Å²) >= 11 is 0. The summed E-state index contributed by atoms with van der Waals surface area (Å²) in [6, 6.07) is 13.6. The third kappa shape index (κ3) is 4.95. The molecule has 0 unspecified atom stereocenters. The molecule has 8 heteroatoms. The number of aromatic hydroxyl groups is 3. The van der Waals surface area contributed by atoms with E-state index < -0.39 is 10.1 Å². The van der Waals surface area contributed by atoms with E-state index in [1.807, 2.05) is 18.2 Å². The van der Waals surface area contributed by atoms with Gasteiger partial charge in [-0.3, -0.25) is 0 Å². The average molecular weight is 375 g/mol. The number of aryl methyl sites for hydroxylation is 1. The highest BCUT2D eigenvalue weighted by atomic mass is 32.2. The molecule has 0 saturated carbocycles. The van der Waals surface area contributed by atoms with Gasteiger partial charge in [-0.2, -0.15) is 4.57 Å². The van der Waals surface area contributed by atoms with Gasteiger partial charge in [0.25, 0.3) is 5.69 Å². The third-order valence-electron chi connectivity index (χ3n) is 3.39. The molecular formula is C18H17NO6S. The molecule has 0 amide bonds. The second-order valence-electron chi connectivity index (χ2n) is 5.36. The van der Waals surface area contributed by atoms with E-state index in [0.717, 1.165) is 6.07 Å². The number of pyridine rings is 1. The van der Waals surface area contributed by atoms with Crippen molar-refractivity contribution in [2.75, 3.05) is 0 Å². The Morgan fingerprint density at radius 3 is 2.04 bits per heavy atom. The van der Waals surface area contributed by atoms with E-state index in [2.05, 4.69) is 0 Å². The lowest BCUT2D eigenvalue weighted by Crippen LogP contribution is -2.28. The number of benzene rings is 2. The second-order valence-corrected chi connectivity index (χ2v) is 6.71. The Morgan fingerprint density at radius 2 is 1.46 bits per heavy atom. The van der Waals surface area contributed by atoms with Gasteiger partial charge in [0.05, 0.1) is 11.0 Å². The minimum Gasteiger partial charge on any atom is -0.744 e. The number of rotatable bonds is 2. The molecule has 3 N–H and O–H groups in total. The Balaban J connectivity index is 0.000000190. The summed E-state index contributed by atoms with van der Waals surface area (Å²) in [6.45, 7) is 1.49. The van der Waals surface area contributed by atoms with Crippen LogP contribution in [0.2, 0.25) is 0 Å². The van der Waals surface area contributed by atoms with Crippen LogP contribution >= 0.6 is 0 Å². The maximum Gasteiger partial charge on any atom is 0.256 e. The van der Waals surface area contributed by atoms with Gasteiger partial charge in [0.15, 0.2) is 18.1 Å². The molecule has 0 aliphatic carbocycles. The lowest BCUT2D eigenvalue weighted by Gasteiger charge is -2.09.